The van der Waals surface area contributed by atoms with E-state index in [1.54, 1.807) is 21.3 Å². The largest absolute Gasteiger partial charge is 0.331 e. The molecule has 1 fully saturated rings. The van der Waals surface area contributed by atoms with Gasteiger partial charge in [0.2, 0.25) is 0 Å². The third kappa shape index (κ3) is 2.03. The highest BCUT2D eigenvalue weighted by atomic mass is 16.9. The molecule has 1 aliphatic carbocycles. The number of hydrogen-bond acceptors (Lipinski definition) is 3. The van der Waals surface area contributed by atoms with Crippen molar-refractivity contribution in [3.05, 3.63) is 0 Å². The topological polar surface area (TPSA) is 27.7 Å². The molecular weight excluding hydrogens is 168 g/mol. The van der Waals surface area contributed by atoms with Crippen LogP contribution in [0.1, 0.15) is 26.2 Å². The van der Waals surface area contributed by atoms with Crippen molar-refractivity contribution in [3.8, 4) is 0 Å². The third-order valence-electron chi connectivity index (χ3n) is 3.05. The van der Waals surface area contributed by atoms with Gasteiger partial charge in [-0.25, -0.2) is 0 Å². The predicted octanol–water partition coefficient (Wildman–Crippen LogP) is 2.02. The van der Waals surface area contributed by atoms with Gasteiger partial charge < -0.3 is 14.2 Å². The van der Waals surface area contributed by atoms with Gasteiger partial charge in [-0.15, -0.1) is 0 Å². The van der Waals surface area contributed by atoms with Crippen LogP contribution in [0, 0.1) is 11.8 Å². The van der Waals surface area contributed by atoms with E-state index in [9.17, 15) is 0 Å². The van der Waals surface area contributed by atoms with Crippen LogP contribution in [0.2, 0.25) is 0 Å². The quantitative estimate of drug-likeness (QED) is 0.632. The van der Waals surface area contributed by atoms with E-state index in [2.05, 4.69) is 6.92 Å². The van der Waals surface area contributed by atoms with Crippen molar-refractivity contribution in [2.45, 2.75) is 32.2 Å². The zero-order valence-electron chi connectivity index (χ0n) is 9.00. The fourth-order valence-electron chi connectivity index (χ4n) is 2.28. The minimum atomic E-state index is -0.815. The fraction of sp³-hybridized carbons (Fsp3) is 1.00. The molecule has 2 unspecified atom stereocenters. The summed E-state index contributed by atoms with van der Waals surface area (Å²) in [6, 6.07) is 0. The van der Waals surface area contributed by atoms with Gasteiger partial charge in [-0.2, -0.15) is 0 Å². The summed E-state index contributed by atoms with van der Waals surface area (Å²) >= 11 is 0. The number of hydrogen-bond donors (Lipinski definition) is 0. The first-order chi connectivity index (χ1) is 6.18. The Morgan fingerprint density at radius 1 is 1.00 bits per heavy atom. The van der Waals surface area contributed by atoms with Crippen LogP contribution in [-0.4, -0.2) is 27.3 Å². The highest BCUT2D eigenvalue weighted by Crippen LogP contribution is 2.39. The third-order valence-corrected chi connectivity index (χ3v) is 3.05. The van der Waals surface area contributed by atoms with Crippen molar-refractivity contribution in [2.24, 2.45) is 11.8 Å². The minimum Gasteiger partial charge on any atom is -0.331 e. The summed E-state index contributed by atoms with van der Waals surface area (Å²) in [5, 5.41) is 0. The van der Waals surface area contributed by atoms with Gasteiger partial charge in [0.05, 0.1) is 0 Å². The maximum atomic E-state index is 5.32. The van der Waals surface area contributed by atoms with E-state index in [4.69, 9.17) is 14.2 Å². The van der Waals surface area contributed by atoms with E-state index in [0.29, 0.717) is 5.92 Å². The van der Waals surface area contributed by atoms with E-state index in [-0.39, 0.29) is 0 Å². The zero-order valence-corrected chi connectivity index (χ0v) is 9.00. The second kappa shape index (κ2) is 4.40. The van der Waals surface area contributed by atoms with Gasteiger partial charge in [0.25, 0.3) is 5.97 Å². The lowest BCUT2D eigenvalue weighted by Crippen LogP contribution is -2.42. The van der Waals surface area contributed by atoms with Crippen LogP contribution in [0.15, 0.2) is 0 Å². The molecule has 1 aliphatic rings. The van der Waals surface area contributed by atoms with Crippen LogP contribution in [0.25, 0.3) is 0 Å². The molecule has 0 heterocycles. The number of rotatable bonds is 4. The molecule has 0 aromatic carbocycles. The molecule has 0 amide bonds. The second-order valence-electron chi connectivity index (χ2n) is 3.83. The Balaban J connectivity index is 2.64. The maximum absolute atomic E-state index is 5.32. The Bertz CT molecular complexity index is 146. The van der Waals surface area contributed by atoms with E-state index < -0.39 is 5.97 Å². The lowest BCUT2D eigenvalue weighted by atomic mass is 10.0. The average molecular weight is 188 g/mol. The van der Waals surface area contributed by atoms with Gasteiger partial charge in [-0.3, -0.25) is 0 Å². The van der Waals surface area contributed by atoms with Crippen molar-refractivity contribution >= 4 is 0 Å². The average Bonchev–Trinajstić information content (AvgIpc) is 2.57. The van der Waals surface area contributed by atoms with Crippen LogP contribution in [0.3, 0.4) is 0 Å². The second-order valence-corrected chi connectivity index (χ2v) is 3.83. The first-order valence-electron chi connectivity index (χ1n) is 4.84. The van der Waals surface area contributed by atoms with E-state index in [0.717, 1.165) is 18.8 Å². The molecule has 3 heteroatoms. The smallest absolute Gasteiger partial charge is 0.285 e. The Morgan fingerprint density at radius 3 is 1.85 bits per heavy atom. The summed E-state index contributed by atoms with van der Waals surface area (Å²) in [6.45, 7) is 2.26. The van der Waals surface area contributed by atoms with E-state index in [1.165, 1.54) is 6.42 Å². The molecule has 0 N–H and O–H groups in total. The Labute approximate surface area is 80.4 Å². The van der Waals surface area contributed by atoms with Crippen molar-refractivity contribution in [3.63, 3.8) is 0 Å². The molecule has 0 aromatic heterocycles. The van der Waals surface area contributed by atoms with Gasteiger partial charge in [-0.1, -0.05) is 13.3 Å². The standard InChI is InChI=1S/C10H20O3/c1-8-5-6-9(7-8)10(11-2,12-3)13-4/h8-9H,5-7H2,1-4H3. The van der Waals surface area contributed by atoms with Crippen LogP contribution in [0.5, 0.6) is 0 Å². The highest BCUT2D eigenvalue weighted by molar-refractivity contribution is 4.79. The van der Waals surface area contributed by atoms with E-state index in [1.807, 2.05) is 0 Å². The molecule has 2 atom stereocenters. The van der Waals surface area contributed by atoms with E-state index >= 15 is 0 Å². The SMILES string of the molecule is COC(OC)(OC)C1CCC(C)C1. The van der Waals surface area contributed by atoms with Crippen molar-refractivity contribution < 1.29 is 14.2 Å². The lowest BCUT2D eigenvalue weighted by Gasteiger charge is -2.34. The molecule has 1 rings (SSSR count). The maximum Gasteiger partial charge on any atom is 0.285 e. The van der Waals surface area contributed by atoms with Gasteiger partial charge in [-0.05, 0) is 18.8 Å². The Hall–Kier alpha value is -0.120. The van der Waals surface area contributed by atoms with Crippen LogP contribution in [0.4, 0.5) is 0 Å². The fourth-order valence-corrected chi connectivity index (χ4v) is 2.28. The van der Waals surface area contributed by atoms with Crippen LogP contribution < -0.4 is 0 Å². The highest BCUT2D eigenvalue weighted by Gasteiger charge is 2.43. The summed E-state index contributed by atoms with van der Waals surface area (Å²) in [5.41, 5.74) is 0. The molecule has 0 aliphatic heterocycles. The molecule has 0 aromatic rings. The molecule has 0 spiro atoms. The first kappa shape index (κ1) is 11.0. The summed E-state index contributed by atoms with van der Waals surface area (Å²) in [7, 11) is 4.90. The first-order valence-corrected chi connectivity index (χ1v) is 4.84. The van der Waals surface area contributed by atoms with Crippen LogP contribution in [-0.2, 0) is 14.2 Å². The summed E-state index contributed by atoms with van der Waals surface area (Å²) in [5.74, 6) is 0.303. The van der Waals surface area contributed by atoms with Crippen molar-refractivity contribution in [2.75, 3.05) is 21.3 Å². The Kier molecular flexibility index (Phi) is 3.71. The summed E-state index contributed by atoms with van der Waals surface area (Å²) < 4.78 is 16.0. The molecule has 0 bridgehead atoms. The normalized spacial score (nSPS) is 29.5. The van der Waals surface area contributed by atoms with Crippen molar-refractivity contribution in [1.29, 1.82) is 0 Å². The molecule has 78 valence electrons. The molecule has 1 saturated carbocycles. The van der Waals surface area contributed by atoms with Crippen molar-refractivity contribution in [1.82, 2.24) is 0 Å². The monoisotopic (exact) mass is 188 g/mol. The number of methoxy groups -OCH3 is 3. The van der Waals surface area contributed by atoms with Gasteiger partial charge >= 0.3 is 0 Å². The zero-order chi connectivity index (χ0) is 9.90. The number of ether oxygens (including phenoxy) is 3. The molecule has 3 nitrogen and oxygen atoms in total. The minimum absolute atomic E-state index is 0.363. The molecule has 13 heavy (non-hydrogen) atoms. The van der Waals surface area contributed by atoms with Gasteiger partial charge in [0, 0.05) is 27.2 Å². The lowest BCUT2D eigenvalue weighted by molar-refractivity contribution is -0.378. The molecule has 0 radical (unpaired) electrons. The summed E-state index contributed by atoms with van der Waals surface area (Å²) in [4.78, 5) is 0. The predicted molar refractivity (Wildman–Crippen MR) is 50.3 cm³/mol. The van der Waals surface area contributed by atoms with Gasteiger partial charge in [0.1, 0.15) is 0 Å². The van der Waals surface area contributed by atoms with Gasteiger partial charge in [0.15, 0.2) is 0 Å². The molecule has 0 saturated heterocycles. The van der Waals surface area contributed by atoms with Crippen LogP contribution >= 0.6 is 0 Å². The summed E-state index contributed by atoms with van der Waals surface area (Å²) in [6.07, 6.45) is 3.48. The Morgan fingerprint density at radius 2 is 1.54 bits per heavy atom. The molecular formula is C10H20O3.